The third kappa shape index (κ3) is 2.87. The first-order chi connectivity index (χ1) is 22.8. The van der Waals surface area contributed by atoms with Gasteiger partial charge in [-0.2, -0.15) is 0 Å². The van der Waals surface area contributed by atoms with Crippen LogP contribution in [0.4, 0.5) is 0 Å². The molecule has 46 heavy (non-hydrogen) atoms. The summed E-state index contributed by atoms with van der Waals surface area (Å²) in [4.78, 5) is 0. The predicted octanol–water partition coefficient (Wildman–Crippen LogP) is 11.8. The topological polar surface area (TPSA) is 9.23 Å². The zero-order chi connectivity index (χ0) is 30.0. The van der Waals surface area contributed by atoms with E-state index in [2.05, 4.69) is 158 Å². The molecule has 0 bridgehead atoms. The minimum Gasteiger partial charge on any atom is -0.456 e. The second-order valence-corrected chi connectivity index (χ2v) is 12.8. The molecule has 3 aliphatic rings. The lowest BCUT2D eigenvalue weighted by Crippen LogP contribution is -2.25. The molecule has 1 heterocycles. The number of fused-ring (bicyclic) bond motifs is 14. The van der Waals surface area contributed by atoms with Crippen LogP contribution in [0, 0.1) is 0 Å². The summed E-state index contributed by atoms with van der Waals surface area (Å²) in [7, 11) is 0. The zero-order valence-electron chi connectivity index (χ0n) is 24.9. The second kappa shape index (κ2) is 8.62. The molecule has 0 N–H and O–H groups in total. The minimum atomic E-state index is -0.397. The molecule has 8 aromatic rings. The van der Waals surface area contributed by atoms with Crippen molar-refractivity contribution in [3.8, 4) is 56.0 Å². The van der Waals surface area contributed by atoms with Crippen molar-refractivity contribution in [3.63, 3.8) is 0 Å². The fraction of sp³-hybridized carbons (Fsp3) is 0.0222. The second-order valence-electron chi connectivity index (χ2n) is 12.8. The number of rotatable bonds is 1. The van der Waals surface area contributed by atoms with Crippen molar-refractivity contribution in [2.24, 2.45) is 0 Å². The summed E-state index contributed by atoms with van der Waals surface area (Å²) in [6.07, 6.45) is 0. The van der Waals surface area contributed by atoms with Gasteiger partial charge in [-0.15, -0.1) is 0 Å². The molecule has 2 aliphatic carbocycles. The molecule has 212 valence electrons. The van der Waals surface area contributed by atoms with E-state index < -0.39 is 5.41 Å². The SMILES string of the molecule is c1ccc2c(c1)Oc1cc(-c3cccc4c3-c3ccccc3C43c4ccccc4-c4c3ccc3ccccc43)cc3cccc-2c13. The molecule has 1 nitrogen and oxygen atoms in total. The van der Waals surface area contributed by atoms with Crippen LogP contribution >= 0.6 is 0 Å². The van der Waals surface area contributed by atoms with E-state index in [4.69, 9.17) is 4.74 Å². The first-order valence-electron chi connectivity index (χ1n) is 16.0. The van der Waals surface area contributed by atoms with E-state index in [0.717, 1.165) is 17.1 Å². The normalized spacial score (nSPS) is 16.1. The van der Waals surface area contributed by atoms with E-state index in [-0.39, 0.29) is 0 Å². The van der Waals surface area contributed by atoms with Crippen LogP contribution in [0.25, 0.3) is 66.1 Å². The highest BCUT2D eigenvalue weighted by atomic mass is 16.5. The van der Waals surface area contributed by atoms with Gasteiger partial charge in [-0.3, -0.25) is 0 Å². The van der Waals surface area contributed by atoms with Gasteiger partial charge in [-0.25, -0.2) is 0 Å². The highest BCUT2D eigenvalue weighted by molar-refractivity contribution is 6.09. The molecular weight excluding hydrogens is 556 g/mol. The largest absolute Gasteiger partial charge is 0.456 e. The lowest BCUT2D eigenvalue weighted by atomic mass is 9.70. The van der Waals surface area contributed by atoms with Crippen LogP contribution in [0.1, 0.15) is 22.3 Å². The van der Waals surface area contributed by atoms with Gasteiger partial charge in [-0.05, 0) is 95.6 Å². The maximum atomic E-state index is 6.63. The van der Waals surface area contributed by atoms with Crippen molar-refractivity contribution in [1.82, 2.24) is 0 Å². The third-order valence-electron chi connectivity index (χ3n) is 10.7. The van der Waals surface area contributed by atoms with Crippen LogP contribution in [0.2, 0.25) is 0 Å². The monoisotopic (exact) mass is 582 g/mol. The van der Waals surface area contributed by atoms with Gasteiger partial charge in [0.2, 0.25) is 0 Å². The summed E-state index contributed by atoms with van der Waals surface area (Å²) in [5, 5.41) is 4.97. The highest BCUT2D eigenvalue weighted by Crippen LogP contribution is 2.65. The first kappa shape index (κ1) is 24.4. The smallest absolute Gasteiger partial charge is 0.136 e. The third-order valence-corrected chi connectivity index (χ3v) is 10.7. The maximum absolute atomic E-state index is 6.63. The van der Waals surface area contributed by atoms with Gasteiger partial charge in [-0.1, -0.05) is 140 Å². The average molecular weight is 583 g/mol. The Balaban J connectivity index is 1.23. The fourth-order valence-electron chi connectivity index (χ4n) is 8.94. The van der Waals surface area contributed by atoms with E-state index in [1.54, 1.807) is 0 Å². The lowest BCUT2D eigenvalue weighted by Gasteiger charge is -2.30. The summed E-state index contributed by atoms with van der Waals surface area (Å²) < 4.78 is 6.63. The van der Waals surface area contributed by atoms with Gasteiger partial charge < -0.3 is 4.74 Å². The van der Waals surface area contributed by atoms with Crippen LogP contribution in [0.5, 0.6) is 11.5 Å². The van der Waals surface area contributed by atoms with Gasteiger partial charge in [0, 0.05) is 10.9 Å². The molecule has 1 spiro atoms. The molecule has 1 unspecified atom stereocenters. The Kier molecular flexibility index (Phi) is 4.57. The molecular formula is C45H26O. The molecule has 1 aliphatic heterocycles. The van der Waals surface area contributed by atoms with Crippen LogP contribution in [-0.2, 0) is 5.41 Å². The minimum absolute atomic E-state index is 0.397. The number of benzene rings is 8. The summed E-state index contributed by atoms with van der Waals surface area (Å²) in [5.41, 5.74) is 15.1. The highest BCUT2D eigenvalue weighted by Gasteiger charge is 2.52. The van der Waals surface area contributed by atoms with Gasteiger partial charge >= 0.3 is 0 Å². The van der Waals surface area contributed by atoms with E-state index in [0.29, 0.717) is 0 Å². The fourth-order valence-corrected chi connectivity index (χ4v) is 8.94. The van der Waals surface area contributed by atoms with Crippen molar-refractivity contribution in [1.29, 1.82) is 0 Å². The standard InChI is InChI=1S/C45H26O/c1-2-13-30-27(11-1)23-24-39-43(30)34-15-3-6-19-36(34)45(39)37-20-7-4-16-35(37)44-31(17-10-21-38(44)45)29-25-28-12-9-18-33-32-14-5-8-22-40(32)46-41(26-29)42(28)33/h1-26H. The first-order valence-corrected chi connectivity index (χ1v) is 16.0. The van der Waals surface area contributed by atoms with Crippen LogP contribution in [0.3, 0.4) is 0 Å². The molecule has 1 atom stereocenters. The summed E-state index contributed by atoms with van der Waals surface area (Å²) in [6, 6.07) is 58.2. The van der Waals surface area contributed by atoms with Gasteiger partial charge in [0.1, 0.15) is 11.5 Å². The van der Waals surface area contributed by atoms with Crippen molar-refractivity contribution >= 4 is 21.5 Å². The molecule has 11 rings (SSSR count). The summed E-state index contributed by atoms with van der Waals surface area (Å²) in [5.74, 6) is 1.83. The molecule has 0 fully saturated rings. The van der Waals surface area contributed by atoms with E-state index in [1.165, 1.54) is 82.7 Å². The van der Waals surface area contributed by atoms with Crippen LogP contribution < -0.4 is 4.74 Å². The van der Waals surface area contributed by atoms with Crippen LogP contribution in [0.15, 0.2) is 158 Å². The van der Waals surface area contributed by atoms with E-state index >= 15 is 0 Å². The Morgan fingerprint density at radius 1 is 0.370 bits per heavy atom. The van der Waals surface area contributed by atoms with Crippen molar-refractivity contribution in [2.45, 2.75) is 5.41 Å². The molecule has 8 aromatic carbocycles. The van der Waals surface area contributed by atoms with Gasteiger partial charge in [0.05, 0.1) is 5.41 Å². The van der Waals surface area contributed by atoms with E-state index in [9.17, 15) is 0 Å². The number of ether oxygens (including phenoxy) is 1. The van der Waals surface area contributed by atoms with Crippen molar-refractivity contribution in [3.05, 3.63) is 180 Å². The van der Waals surface area contributed by atoms with E-state index in [1.807, 2.05) is 0 Å². The number of para-hydroxylation sites is 1. The van der Waals surface area contributed by atoms with Crippen LogP contribution in [-0.4, -0.2) is 0 Å². The number of hydrogen-bond acceptors (Lipinski definition) is 1. The molecule has 0 saturated heterocycles. The zero-order valence-corrected chi connectivity index (χ0v) is 24.9. The molecule has 0 saturated carbocycles. The van der Waals surface area contributed by atoms with Crippen molar-refractivity contribution in [2.75, 3.05) is 0 Å². The molecule has 0 aromatic heterocycles. The Hall–Kier alpha value is -5.92. The summed E-state index contributed by atoms with van der Waals surface area (Å²) in [6.45, 7) is 0. The van der Waals surface area contributed by atoms with Gasteiger partial charge in [0.15, 0.2) is 0 Å². The Labute approximate surface area is 267 Å². The van der Waals surface area contributed by atoms with Crippen molar-refractivity contribution < 1.29 is 4.74 Å². The lowest BCUT2D eigenvalue weighted by molar-refractivity contribution is 0.487. The number of hydrogen-bond donors (Lipinski definition) is 0. The maximum Gasteiger partial charge on any atom is 0.136 e. The quantitative estimate of drug-likeness (QED) is 0.187. The van der Waals surface area contributed by atoms with Gasteiger partial charge in [0.25, 0.3) is 0 Å². The molecule has 0 amide bonds. The Morgan fingerprint density at radius 2 is 0.978 bits per heavy atom. The summed E-state index contributed by atoms with van der Waals surface area (Å²) >= 11 is 0. The molecule has 0 radical (unpaired) electrons. The average Bonchev–Trinajstić information content (AvgIpc) is 3.59. The molecule has 1 heteroatoms. The Bertz CT molecular complexity index is 2630. The predicted molar refractivity (Wildman–Crippen MR) is 189 cm³/mol. The Morgan fingerprint density at radius 3 is 1.85 bits per heavy atom.